The highest BCUT2D eigenvalue weighted by atomic mass is 16.5. The van der Waals surface area contributed by atoms with Crippen LogP contribution in [0.5, 0.6) is 0 Å². The number of amides is 1. The summed E-state index contributed by atoms with van der Waals surface area (Å²) in [6.45, 7) is 5.22. The van der Waals surface area contributed by atoms with Crippen molar-refractivity contribution in [1.82, 2.24) is 10.3 Å². The fraction of sp³-hybridized carbons (Fsp3) is 0.533. The number of methoxy groups -OCH3 is 1. The van der Waals surface area contributed by atoms with Gasteiger partial charge in [0.25, 0.3) is 5.91 Å². The van der Waals surface area contributed by atoms with Crippen LogP contribution in [0.2, 0.25) is 0 Å². The first-order chi connectivity index (χ1) is 10.3. The van der Waals surface area contributed by atoms with Crippen LogP contribution in [0.4, 0.5) is 0 Å². The van der Waals surface area contributed by atoms with Crippen molar-refractivity contribution in [2.75, 3.05) is 13.7 Å². The van der Waals surface area contributed by atoms with Gasteiger partial charge in [0.1, 0.15) is 11.7 Å². The molecule has 0 aliphatic heterocycles. The molecular formula is C15H22N2O5. The minimum Gasteiger partial charge on any atom is -0.480 e. The third-order valence-corrected chi connectivity index (χ3v) is 3.44. The van der Waals surface area contributed by atoms with E-state index in [9.17, 15) is 14.4 Å². The van der Waals surface area contributed by atoms with E-state index in [-0.39, 0.29) is 24.5 Å². The Labute approximate surface area is 129 Å². The Morgan fingerprint density at radius 3 is 2.45 bits per heavy atom. The number of carboxylic acids is 1. The number of rotatable bonds is 8. The summed E-state index contributed by atoms with van der Waals surface area (Å²) in [5, 5.41) is 11.6. The topological polar surface area (TPSA) is 108 Å². The van der Waals surface area contributed by atoms with E-state index in [1.165, 1.54) is 14.0 Å². The van der Waals surface area contributed by atoms with Crippen LogP contribution < -0.4 is 5.32 Å². The van der Waals surface area contributed by atoms with Crippen molar-refractivity contribution >= 4 is 17.7 Å². The second-order valence-corrected chi connectivity index (χ2v) is 5.03. The Hall–Kier alpha value is -2.15. The monoisotopic (exact) mass is 310 g/mol. The van der Waals surface area contributed by atoms with Crippen LogP contribution in [-0.2, 0) is 16.0 Å². The van der Waals surface area contributed by atoms with Crippen molar-refractivity contribution < 1.29 is 24.2 Å². The molecule has 7 nitrogen and oxygen atoms in total. The second kappa shape index (κ2) is 7.74. The molecule has 0 spiro atoms. The zero-order valence-electron chi connectivity index (χ0n) is 13.3. The summed E-state index contributed by atoms with van der Waals surface area (Å²) in [4.78, 5) is 38.1. The number of Topliss-reactive ketones (excluding diaryl/α,β-unsaturated/α-hetero) is 1. The molecule has 0 aliphatic carbocycles. The number of carboxylic acid groups (broad SMARTS) is 1. The lowest BCUT2D eigenvalue weighted by molar-refractivity contribution is -0.139. The number of ether oxygens (including phenoxy) is 1. The number of nitrogens with one attached hydrogen (secondary N) is 2. The van der Waals surface area contributed by atoms with Gasteiger partial charge in [-0.3, -0.25) is 9.59 Å². The molecular weight excluding hydrogens is 288 g/mol. The molecule has 1 atom stereocenters. The molecule has 3 N–H and O–H groups in total. The molecule has 1 aromatic rings. The lowest BCUT2D eigenvalue weighted by Gasteiger charge is -2.14. The van der Waals surface area contributed by atoms with Crippen molar-refractivity contribution in [1.29, 1.82) is 0 Å². The molecule has 1 aromatic heterocycles. The van der Waals surface area contributed by atoms with Gasteiger partial charge in [0.2, 0.25) is 0 Å². The molecule has 1 rings (SSSR count). The Kier molecular flexibility index (Phi) is 6.30. The van der Waals surface area contributed by atoms with Crippen LogP contribution in [0.15, 0.2) is 0 Å². The summed E-state index contributed by atoms with van der Waals surface area (Å²) in [5.41, 5.74) is 1.96. The van der Waals surface area contributed by atoms with Gasteiger partial charge in [-0.2, -0.15) is 0 Å². The molecule has 0 aliphatic rings. The third-order valence-electron chi connectivity index (χ3n) is 3.44. The molecule has 22 heavy (non-hydrogen) atoms. The van der Waals surface area contributed by atoms with Gasteiger partial charge in [0, 0.05) is 31.4 Å². The van der Waals surface area contributed by atoms with Gasteiger partial charge < -0.3 is 20.1 Å². The maximum absolute atomic E-state index is 12.3. The molecule has 7 heteroatoms. The smallest absolute Gasteiger partial charge is 0.326 e. The molecule has 0 bridgehead atoms. The van der Waals surface area contributed by atoms with Gasteiger partial charge in [-0.25, -0.2) is 4.79 Å². The number of aromatic nitrogens is 1. The van der Waals surface area contributed by atoms with Crippen molar-refractivity contribution in [3.63, 3.8) is 0 Å². The minimum atomic E-state index is -1.13. The average Bonchev–Trinajstić information content (AvgIpc) is 2.79. The Morgan fingerprint density at radius 2 is 2.00 bits per heavy atom. The fourth-order valence-corrected chi connectivity index (χ4v) is 2.42. The first-order valence-electron chi connectivity index (χ1n) is 7.08. The summed E-state index contributed by atoms with van der Waals surface area (Å²) < 4.78 is 4.84. The van der Waals surface area contributed by atoms with Crippen LogP contribution in [0, 0.1) is 6.92 Å². The predicted molar refractivity (Wildman–Crippen MR) is 80.3 cm³/mol. The van der Waals surface area contributed by atoms with E-state index in [1.807, 2.05) is 6.92 Å². The quantitative estimate of drug-likeness (QED) is 0.627. The predicted octanol–water partition coefficient (Wildman–Crippen LogP) is 1.31. The summed E-state index contributed by atoms with van der Waals surface area (Å²) >= 11 is 0. The highest BCUT2D eigenvalue weighted by Crippen LogP contribution is 2.20. The number of carbonyl (C=O) groups excluding carboxylic acids is 2. The molecule has 0 fully saturated rings. The summed E-state index contributed by atoms with van der Waals surface area (Å²) in [6, 6.07) is -1.04. The van der Waals surface area contributed by atoms with E-state index in [0.29, 0.717) is 23.2 Å². The zero-order valence-corrected chi connectivity index (χ0v) is 13.3. The van der Waals surface area contributed by atoms with Crippen molar-refractivity contribution in [2.24, 2.45) is 0 Å². The number of aryl methyl sites for hydroxylation is 1. The van der Waals surface area contributed by atoms with Gasteiger partial charge in [0.05, 0.1) is 0 Å². The number of carbonyl (C=O) groups is 3. The largest absolute Gasteiger partial charge is 0.480 e. The number of hydrogen-bond donors (Lipinski definition) is 3. The van der Waals surface area contributed by atoms with E-state index in [2.05, 4.69) is 10.3 Å². The molecule has 1 heterocycles. The van der Waals surface area contributed by atoms with Crippen molar-refractivity contribution in [3.8, 4) is 0 Å². The third kappa shape index (κ3) is 3.94. The van der Waals surface area contributed by atoms with E-state index < -0.39 is 17.9 Å². The number of H-pyrrole nitrogens is 1. The molecule has 1 amide bonds. The van der Waals surface area contributed by atoms with Crippen LogP contribution in [-0.4, -0.2) is 47.5 Å². The molecule has 0 aromatic carbocycles. The first-order valence-corrected chi connectivity index (χ1v) is 7.08. The number of aliphatic carboxylic acids is 1. The SMILES string of the molecule is CCc1c(C(=O)NC(CCOC)C(=O)O)[nH]c(C)c1C(C)=O. The number of aromatic amines is 1. The summed E-state index contributed by atoms with van der Waals surface area (Å²) in [6.07, 6.45) is 0.663. The van der Waals surface area contributed by atoms with E-state index in [1.54, 1.807) is 6.92 Å². The molecule has 0 saturated heterocycles. The normalized spacial score (nSPS) is 12.0. The van der Waals surface area contributed by atoms with Gasteiger partial charge in [0.15, 0.2) is 5.78 Å². The minimum absolute atomic E-state index is 0.126. The molecule has 0 saturated carbocycles. The standard InChI is InChI=1S/C15H22N2O5/c1-5-10-12(9(3)18)8(2)16-13(10)14(19)17-11(15(20)21)6-7-22-4/h11,16H,5-7H2,1-4H3,(H,17,19)(H,20,21). The first kappa shape index (κ1) is 17.9. The van der Waals surface area contributed by atoms with Gasteiger partial charge in [-0.1, -0.05) is 6.92 Å². The molecule has 122 valence electrons. The Morgan fingerprint density at radius 1 is 1.36 bits per heavy atom. The highest BCUT2D eigenvalue weighted by molar-refractivity contribution is 6.03. The maximum Gasteiger partial charge on any atom is 0.326 e. The van der Waals surface area contributed by atoms with Gasteiger partial charge >= 0.3 is 5.97 Å². The lowest BCUT2D eigenvalue weighted by atomic mass is 10.0. The van der Waals surface area contributed by atoms with Crippen LogP contribution in [0.3, 0.4) is 0 Å². The van der Waals surface area contributed by atoms with E-state index in [4.69, 9.17) is 9.84 Å². The van der Waals surface area contributed by atoms with Crippen LogP contribution in [0.1, 0.15) is 52.4 Å². The fourth-order valence-electron chi connectivity index (χ4n) is 2.42. The van der Waals surface area contributed by atoms with Crippen LogP contribution >= 0.6 is 0 Å². The zero-order chi connectivity index (χ0) is 16.9. The summed E-state index contributed by atoms with van der Waals surface area (Å²) in [7, 11) is 1.46. The molecule has 1 unspecified atom stereocenters. The van der Waals surface area contributed by atoms with Gasteiger partial charge in [-0.05, 0) is 25.8 Å². The van der Waals surface area contributed by atoms with Crippen molar-refractivity contribution in [2.45, 2.75) is 39.7 Å². The van der Waals surface area contributed by atoms with Crippen molar-refractivity contribution in [3.05, 3.63) is 22.5 Å². The summed E-state index contributed by atoms with van der Waals surface area (Å²) in [5.74, 6) is -1.78. The molecule has 0 radical (unpaired) electrons. The maximum atomic E-state index is 12.3. The highest BCUT2D eigenvalue weighted by Gasteiger charge is 2.25. The Bertz CT molecular complexity index is 577. The van der Waals surface area contributed by atoms with E-state index >= 15 is 0 Å². The number of hydrogen-bond acceptors (Lipinski definition) is 4. The average molecular weight is 310 g/mol. The number of ketones is 1. The van der Waals surface area contributed by atoms with E-state index in [0.717, 1.165) is 0 Å². The van der Waals surface area contributed by atoms with Crippen LogP contribution in [0.25, 0.3) is 0 Å². The van der Waals surface area contributed by atoms with Gasteiger partial charge in [-0.15, -0.1) is 0 Å². The second-order valence-electron chi connectivity index (χ2n) is 5.03. The Balaban J connectivity index is 3.04. The lowest BCUT2D eigenvalue weighted by Crippen LogP contribution is -2.42.